The van der Waals surface area contributed by atoms with E-state index < -0.39 is 47.5 Å². The quantitative estimate of drug-likeness (QED) is 0.333. The Hall–Kier alpha value is -3.53. The number of fused-ring (bicyclic) bond motifs is 1. The number of aliphatic carboxylic acids is 2. The summed E-state index contributed by atoms with van der Waals surface area (Å²) in [5, 5.41) is 20.2. The van der Waals surface area contributed by atoms with Crippen LogP contribution >= 0.6 is 0 Å². The number of nitrogens with one attached hydrogen (secondary N) is 1. The van der Waals surface area contributed by atoms with Crippen LogP contribution in [0.1, 0.15) is 23.2 Å². The molecule has 1 atom stereocenters. The maximum Gasteiger partial charge on any atom is 0.353 e. The Bertz CT molecular complexity index is 947. The largest absolute Gasteiger partial charge is 0.481 e. The molecule has 10 heteroatoms. The van der Waals surface area contributed by atoms with E-state index in [1.165, 1.54) is 12.1 Å². The Morgan fingerprint density at radius 3 is 2.48 bits per heavy atom. The zero-order chi connectivity index (χ0) is 20.0. The smallest absolute Gasteiger partial charge is 0.353 e. The number of carbonyl (C=O) groups is 4. The molecule has 0 bridgehead atoms. The Labute approximate surface area is 151 Å². The van der Waals surface area contributed by atoms with Crippen molar-refractivity contribution in [1.82, 2.24) is 5.32 Å². The molecule has 1 unspecified atom stereocenters. The molecule has 2 rings (SSSR count). The molecular formula is C17H15NO9. The van der Waals surface area contributed by atoms with Crippen molar-refractivity contribution in [3.63, 3.8) is 0 Å². The lowest BCUT2D eigenvalue weighted by Gasteiger charge is -2.14. The summed E-state index contributed by atoms with van der Waals surface area (Å²) >= 11 is 0. The number of hydrogen-bond donors (Lipinski definition) is 3. The van der Waals surface area contributed by atoms with Crippen LogP contribution in [0.4, 0.5) is 0 Å². The highest BCUT2D eigenvalue weighted by Crippen LogP contribution is 2.13. The van der Waals surface area contributed by atoms with Crippen LogP contribution in [0.25, 0.3) is 11.0 Å². The number of carboxylic acids is 2. The number of esters is 2. The number of benzene rings is 1. The van der Waals surface area contributed by atoms with Gasteiger partial charge in [-0.05, 0) is 12.1 Å². The Morgan fingerprint density at radius 2 is 1.81 bits per heavy atom. The van der Waals surface area contributed by atoms with Gasteiger partial charge in [-0.3, -0.25) is 9.59 Å². The molecule has 3 N–H and O–H groups in total. The topological polar surface area (TPSA) is 160 Å². The van der Waals surface area contributed by atoms with E-state index in [0.717, 1.165) is 0 Å². The van der Waals surface area contributed by atoms with E-state index in [4.69, 9.17) is 14.6 Å². The predicted octanol–water partition coefficient (Wildman–Crippen LogP) is 0.384. The van der Waals surface area contributed by atoms with E-state index in [0.29, 0.717) is 5.39 Å². The third kappa shape index (κ3) is 5.47. The van der Waals surface area contributed by atoms with Crippen molar-refractivity contribution in [1.29, 1.82) is 0 Å². The molecule has 142 valence electrons. The van der Waals surface area contributed by atoms with Crippen LogP contribution in [0.3, 0.4) is 0 Å². The first kappa shape index (κ1) is 19.8. The molecule has 0 fully saturated rings. The lowest BCUT2D eigenvalue weighted by Crippen LogP contribution is -2.41. The molecule has 0 aliphatic rings. The molecule has 0 aliphatic carbocycles. The minimum absolute atomic E-state index is 0.214. The van der Waals surface area contributed by atoms with Crippen molar-refractivity contribution < 1.29 is 38.5 Å². The molecule has 10 nitrogen and oxygen atoms in total. The summed E-state index contributed by atoms with van der Waals surface area (Å²) in [7, 11) is 0. The van der Waals surface area contributed by atoms with Crippen molar-refractivity contribution in [3.8, 4) is 0 Å². The summed E-state index contributed by atoms with van der Waals surface area (Å²) in [6.07, 6.45) is -1.11. The lowest BCUT2D eigenvalue weighted by atomic mass is 10.2. The zero-order valence-corrected chi connectivity index (χ0v) is 13.8. The zero-order valence-electron chi connectivity index (χ0n) is 13.8. The molecule has 0 amide bonds. The standard InChI is InChI=1S/C17H15NO9/c19-13(20)5-6-18-11(8-14(21)22)17(25)27-16(24)10-7-9-3-1-2-4-12(9)26-15(10)23/h1-4,7,11,18H,5-6,8H2,(H,19,20)(H,21,22). The number of ether oxygens (including phenoxy) is 1. The van der Waals surface area contributed by atoms with Gasteiger partial charge < -0.3 is 24.7 Å². The molecule has 0 radical (unpaired) electrons. The molecule has 0 saturated carbocycles. The Morgan fingerprint density at radius 1 is 1.11 bits per heavy atom. The molecule has 1 heterocycles. The summed E-state index contributed by atoms with van der Waals surface area (Å²) < 4.78 is 9.54. The molecule has 0 saturated heterocycles. The number of carboxylic acid groups (broad SMARTS) is 2. The fourth-order valence-electron chi connectivity index (χ4n) is 2.19. The first-order valence-electron chi connectivity index (χ1n) is 7.74. The Kier molecular flexibility index (Phi) is 6.39. The second-order valence-corrected chi connectivity index (χ2v) is 5.44. The van der Waals surface area contributed by atoms with Crippen molar-refractivity contribution in [2.24, 2.45) is 0 Å². The minimum Gasteiger partial charge on any atom is -0.481 e. The summed E-state index contributed by atoms with van der Waals surface area (Å²) in [6, 6.07) is 6.12. The third-order valence-corrected chi connectivity index (χ3v) is 3.45. The van der Waals surface area contributed by atoms with Gasteiger partial charge in [-0.1, -0.05) is 18.2 Å². The van der Waals surface area contributed by atoms with Crippen LogP contribution in [0.5, 0.6) is 0 Å². The summed E-state index contributed by atoms with van der Waals surface area (Å²) in [4.78, 5) is 57.4. The second-order valence-electron chi connectivity index (χ2n) is 5.44. The fraction of sp³-hybridized carbons (Fsp3) is 0.235. The van der Waals surface area contributed by atoms with Crippen molar-refractivity contribution in [2.45, 2.75) is 18.9 Å². The first-order chi connectivity index (χ1) is 12.8. The molecule has 1 aromatic carbocycles. The van der Waals surface area contributed by atoms with Gasteiger partial charge >= 0.3 is 29.5 Å². The van der Waals surface area contributed by atoms with Gasteiger partial charge in [0, 0.05) is 11.9 Å². The van der Waals surface area contributed by atoms with Crippen molar-refractivity contribution in [2.75, 3.05) is 6.54 Å². The van der Waals surface area contributed by atoms with E-state index in [1.807, 2.05) is 0 Å². The number of rotatable bonds is 8. The van der Waals surface area contributed by atoms with Crippen LogP contribution in [-0.2, 0) is 19.1 Å². The van der Waals surface area contributed by atoms with Crippen LogP contribution in [-0.4, -0.2) is 46.7 Å². The highest BCUT2D eigenvalue weighted by Gasteiger charge is 2.27. The van der Waals surface area contributed by atoms with E-state index in [-0.39, 0.29) is 18.5 Å². The number of carbonyl (C=O) groups excluding carboxylic acids is 2. The second kappa shape index (κ2) is 8.72. The lowest BCUT2D eigenvalue weighted by molar-refractivity contribution is -0.146. The van der Waals surface area contributed by atoms with Crippen LogP contribution < -0.4 is 10.9 Å². The van der Waals surface area contributed by atoms with Gasteiger partial charge in [-0.15, -0.1) is 0 Å². The highest BCUT2D eigenvalue weighted by molar-refractivity contribution is 6.00. The molecule has 2 aromatic rings. The van der Waals surface area contributed by atoms with Crippen molar-refractivity contribution in [3.05, 3.63) is 46.3 Å². The molecule has 0 aliphatic heterocycles. The van der Waals surface area contributed by atoms with E-state index in [1.54, 1.807) is 18.2 Å². The maximum atomic E-state index is 12.1. The van der Waals surface area contributed by atoms with Gasteiger partial charge in [0.15, 0.2) is 0 Å². The summed E-state index contributed by atoms with van der Waals surface area (Å²) in [5.74, 6) is -5.07. The minimum atomic E-state index is -1.46. The van der Waals surface area contributed by atoms with Gasteiger partial charge in [0.2, 0.25) is 0 Å². The SMILES string of the molecule is O=C(O)CCNC(CC(=O)O)C(=O)OC(=O)c1cc2ccccc2oc1=O. The third-order valence-electron chi connectivity index (χ3n) is 3.45. The number of para-hydroxylation sites is 1. The Balaban J connectivity index is 2.14. The van der Waals surface area contributed by atoms with E-state index >= 15 is 0 Å². The average molecular weight is 377 g/mol. The molecular weight excluding hydrogens is 362 g/mol. The van der Waals surface area contributed by atoms with Gasteiger partial charge in [-0.25, -0.2) is 14.4 Å². The normalized spacial score (nSPS) is 11.7. The van der Waals surface area contributed by atoms with Gasteiger partial charge in [0.25, 0.3) is 0 Å². The average Bonchev–Trinajstić information content (AvgIpc) is 2.59. The maximum absolute atomic E-state index is 12.1. The fourth-order valence-corrected chi connectivity index (χ4v) is 2.19. The van der Waals surface area contributed by atoms with Crippen LogP contribution in [0, 0.1) is 0 Å². The number of hydrogen-bond acceptors (Lipinski definition) is 8. The molecule has 27 heavy (non-hydrogen) atoms. The van der Waals surface area contributed by atoms with Crippen LogP contribution in [0.2, 0.25) is 0 Å². The summed E-state index contributed by atoms with van der Waals surface area (Å²) in [5.41, 5.74) is -1.30. The monoisotopic (exact) mass is 377 g/mol. The van der Waals surface area contributed by atoms with Gasteiger partial charge in [-0.2, -0.15) is 0 Å². The molecule has 0 spiro atoms. The van der Waals surface area contributed by atoms with Crippen molar-refractivity contribution >= 4 is 34.8 Å². The van der Waals surface area contributed by atoms with Gasteiger partial charge in [0.1, 0.15) is 17.2 Å². The first-order valence-corrected chi connectivity index (χ1v) is 7.74. The van der Waals surface area contributed by atoms with Gasteiger partial charge in [0.05, 0.1) is 12.8 Å². The predicted molar refractivity (Wildman–Crippen MR) is 89.2 cm³/mol. The van der Waals surface area contributed by atoms with E-state index in [9.17, 15) is 24.0 Å². The van der Waals surface area contributed by atoms with Crippen LogP contribution in [0.15, 0.2) is 39.5 Å². The highest BCUT2D eigenvalue weighted by atomic mass is 16.6. The summed E-state index contributed by atoms with van der Waals surface area (Å²) in [6.45, 7) is -0.214. The molecule has 1 aromatic heterocycles. The van der Waals surface area contributed by atoms with E-state index in [2.05, 4.69) is 10.1 Å².